The van der Waals surface area contributed by atoms with E-state index in [-0.39, 0.29) is 24.9 Å². The zero-order valence-corrected chi connectivity index (χ0v) is 16.1. The van der Waals surface area contributed by atoms with Crippen LogP contribution in [-0.4, -0.2) is 67.6 Å². The predicted molar refractivity (Wildman–Crippen MR) is 95.7 cm³/mol. The largest absolute Gasteiger partial charge is 0.476 e. The van der Waals surface area contributed by atoms with Crippen molar-refractivity contribution >= 4 is 29.1 Å². The summed E-state index contributed by atoms with van der Waals surface area (Å²) in [5, 5.41) is 11.4. The van der Waals surface area contributed by atoms with Crippen LogP contribution < -0.4 is 10.5 Å². The van der Waals surface area contributed by atoms with Crippen LogP contribution in [-0.2, 0) is 30.2 Å². The van der Waals surface area contributed by atoms with Gasteiger partial charge in [-0.25, -0.2) is 4.98 Å². The number of hydrogen-bond acceptors (Lipinski definition) is 11. The van der Waals surface area contributed by atoms with Gasteiger partial charge < -0.3 is 29.8 Å². The van der Waals surface area contributed by atoms with E-state index in [1.807, 2.05) is 0 Å². The fourth-order valence-electron chi connectivity index (χ4n) is 3.84. The van der Waals surface area contributed by atoms with Crippen molar-refractivity contribution in [1.82, 2.24) is 19.5 Å². The number of nitrogens with zero attached hydrogens (tertiary/aromatic N) is 4. The first-order chi connectivity index (χ1) is 13.7. The molecule has 4 rings (SSSR count). The SMILES string of the molecule is CCOc1nc(N)nc2c1nc1n2[C@H]2O[C@H](COC(C)=O)[C@@H](OC(C)=O)[C@@]2(O)C1. The second-order valence-corrected chi connectivity index (χ2v) is 6.92. The van der Waals surface area contributed by atoms with Gasteiger partial charge in [0.05, 0.1) is 6.61 Å². The third-order valence-corrected chi connectivity index (χ3v) is 4.86. The van der Waals surface area contributed by atoms with Gasteiger partial charge >= 0.3 is 11.9 Å². The molecule has 0 unspecified atom stereocenters. The number of nitrogens with two attached hydrogens (primary N) is 1. The lowest BCUT2D eigenvalue weighted by Crippen LogP contribution is -2.48. The molecule has 2 aromatic rings. The molecule has 1 fully saturated rings. The summed E-state index contributed by atoms with van der Waals surface area (Å²) in [5.41, 5.74) is 4.90. The first-order valence-electron chi connectivity index (χ1n) is 9.10. The molecular weight excluding hydrogens is 386 g/mol. The number of fused-ring (bicyclic) bond motifs is 5. The number of hydrogen-bond donors (Lipinski definition) is 2. The second-order valence-electron chi connectivity index (χ2n) is 6.92. The van der Waals surface area contributed by atoms with Crippen LogP contribution in [0, 0.1) is 0 Å². The fourth-order valence-corrected chi connectivity index (χ4v) is 3.84. The van der Waals surface area contributed by atoms with Crippen LogP contribution in [0.3, 0.4) is 0 Å². The molecule has 0 aliphatic carbocycles. The molecule has 0 saturated carbocycles. The smallest absolute Gasteiger partial charge is 0.303 e. The molecule has 4 atom stereocenters. The number of nitrogen functional groups attached to an aromatic ring is 1. The minimum Gasteiger partial charge on any atom is -0.476 e. The molecule has 1 saturated heterocycles. The Balaban J connectivity index is 1.77. The number of ether oxygens (including phenoxy) is 4. The Hall–Kier alpha value is -2.99. The number of aliphatic hydroxyl groups is 1. The normalized spacial score (nSPS) is 27.5. The fraction of sp³-hybridized carbons (Fsp3) is 0.588. The standard InChI is InChI=1S/C17H21N5O7/c1-4-26-14-11-13(20-16(18)21-14)22-10(19-11)5-17(25)12(28-8(3)24)9(29-15(17)22)6-27-7(2)23/h9,12,15,25H,4-6H2,1-3H3,(H2,18,20,21)/t9-,12-,15+,17+/m1/s1. The zero-order valence-electron chi connectivity index (χ0n) is 16.1. The number of aromatic nitrogens is 4. The van der Waals surface area contributed by atoms with E-state index in [9.17, 15) is 14.7 Å². The van der Waals surface area contributed by atoms with E-state index in [4.69, 9.17) is 24.7 Å². The van der Waals surface area contributed by atoms with Crippen LogP contribution in [0.25, 0.3) is 11.2 Å². The third-order valence-electron chi connectivity index (χ3n) is 4.86. The predicted octanol–water partition coefficient (Wildman–Crippen LogP) is -0.513. The van der Waals surface area contributed by atoms with E-state index >= 15 is 0 Å². The van der Waals surface area contributed by atoms with Gasteiger partial charge in [0.2, 0.25) is 11.8 Å². The Morgan fingerprint density at radius 2 is 2.07 bits per heavy atom. The van der Waals surface area contributed by atoms with Crippen LogP contribution in [0.2, 0.25) is 0 Å². The Bertz CT molecular complexity index is 992. The Kier molecular flexibility index (Phi) is 4.54. The summed E-state index contributed by atoms with van der Waals surface area (Å²) in [5.74, 6) is -0.456. The average Bonchev–Trinajstić information content (AvgIpc) is 3.18. The van der Waals surface area contributed by atoms with E-state index in [1.54, 1.807) is 11.5 Å². The zero-order chi connectivity index (χ0) is 20.9. The van der Waals surface area contributed by atoms with Gasteiger partial charge in [-0.1, -0.05) is 0 Å². The molecule has 12 heteroatoms. The molecule has 4 heterocycles. The van der Waals surface area contributed by atoms with Gasteiger partial charge in [-0.3, -0.25) is 14.2 Å². The summed E-state index contributed by atoms with van der Waals surface area (Å²) >= 11 is 0. The van der Waals surface area contributed by atoms with Gasteiger partial charge in [0.15, 0.2) is 29.1 Å². The van der Waals surface area contributed by atoms with Crippen molar-refractivity contribution in [3.8, 4) is 5.88 Å². The first kappa shape index (κ1) is 19.3. The first-order valence-corrected chi connectivity index (χ1v) is 9.10. The number of carbonyl (C=O) groups is 2. The molecule has 0 bridgehead atoms. The van der Waals surface area contributed by atoms with Crippen molar-refractivity contribution in [3.05, 3.63) is 5.82 Å². The van der Waals surface area contributed by atoms with Crippen molar-refractivity contribution < 1.29 is 33.6 Å². The Morgan fingerprint density at radius 3 is 2.72 bits per heavy atom. The summed E-state index contributed by atoms with van der Waals surface area (Å²) in [6, 6.07) is 0. The van der Waals surface area contributed by atoms with Crippen LogP contribution in [0.5, 0.6) is 5.88 Å². The number of imidazole rings is 1. The van der Waals surface area contributed by atoms with E-state index in [2.05, 4.69) is 15.0 Å². The monoisotopic (exact) mass is 407 g/mol. The Morgan fingerprint density at radius 1 is 1.31 bits per heavy atom. The van der Waals surface area contributed by atoms with Crippen molar-refractivity contribution in [2.24, 2.45) is 0 Å². The van der Waals surface area contributed by atoms with Gasteiger partial charge in [-0.05, 0) is 6.92 Å². The molecule has 2 aliphatic heterocycles. The maximum atomic E-state index is 11.6. The summed E-state index contributed by atoms with van der Waals surface area (Å²) in [6.07, 6.45) is -2.88. The molecule has 156 valence electrons. The lowest BCUT2D eigenvalue weighted by Gasteiger charge is -2.28. The van der Waals surface area contributed by atoms with E-state index in [0.717, 1.165) is 0 Å². The highest BCUT2D eigenvalue weighted by Gasteiger charge is 2.63. The van der Waals surface area contributed by atoms with Gasteiger partial charge in [0.1, 0.15) is 18.5 Å². The number of carbonyl (C=O) groups excluding carboxylic acids is 2. The van der Waals surface area contributed by atoms with Crippen molar-refractivity contribution in [3.63, 3.8) is 0 Å². The van der Waals surface area contributed by atoms with Crippen LogP contribution in [0.4, 0.5) is 5.95 Å². The molecule has 0 amide bonds. The van der Waals surface area contributed by atoms with Crippen molar-refractivity contribution in [2.75, 3.05) is 18.9 Å². The highest BCUT2D eigenvalue weighted by Crippen LogP contribution is 2.49. The summed E-state index contributed by atoms with van der Waals surface area (Å²) in [4.78, 5) is 35.6. The van der Waals surface area contributed by atoms with Gasteiger partial charge in [0, 0.05) is 20.3 Å². The van der Waals surface area contributed by atoms with Crippen molar-refractivity contribution in [1.29, 1.82) is 0 Å². The van der Waals surface area contributed by atoms with E-state index in [1.165, 1.54) is 13.8 Å². The lowest BCUT2D eigenvalue weighted by molar-refractivity contribution is -0.163. The number of rotatable bonds is 5. The quantitative estimate of drug-likeness (QED) is 0.614. The number of esters is 2. The van der Waals surface area contributed by atoms with Crippen LogP contribution in [0.15, 0.2) is 0 Å². The highest BCUT2D eigenvalue weighted by atomic mass is 16.6. The van der Waals surface area contributed by atoms with Crippen LogP contribution in [0.1, 0.15) is 32.8 Å². The number of anilines is 1. The highest BCUT2D eigenvalue weighted by molar-refractivity contribution is 5.79. The second kappa shape index (κ2) is 6.81. The van der Waals surface area contributed by atoms with Gasteiger partial charge in [0.25, 0.3) is 0 Å². The maximum Gasteiger partial charge on any atom is 0.303 e. The molecule has 2 aliphatic rings. The third kappa shape index (κ3) is 3.04. The Labute approximate surface area is 164 Å². The molecule has 2 aromatic heterocycles. The molecule has 0 spiro atoms. The van der Waals surface area contributed by atoms with Gasteiger partial charge in [-0.15, -0.1) is 0 Å². The molecule has 29 heavy (non-hydrogen) atoms. The molecule has 3 N–H and O–H groups in total. The average molecular weight is 407 g/mol. The topological polar surface area (TPSA) is 161 Å². The lowest BCUT2D eigenvalue weighted by atomic mass is 9.92. The van der Waals surface area contributed by atoms with E-state index in [0.29, 0.717) is 23.6 Å². The molecule has 0 radical (unpaired) electrons. The van der Waals surface area contributed by atoms with Gasteiger partial charge in [-0.2, -0.15) is 9.97 Å². The van der Waals surface area contributed by atoms with Crippen molar-refractivity contribution in [2.45, 2.75) is 51.2 Å². The van der Waals surface area contributed by atoms with E-state index < -0.39 is 36.0 Å². The summed E-state index contributed by atoms with van der Waals surface area (Å²) < 4.78 is 23.4. The molecule has 0 aromatic carbocycles. The minimum absolute atomic E-state index is 0.0218. The maximum absolute atomic E-state index is 11.6. The minimum atomic E-state index is -1.61. The summed E-state index contributed by atoms with van der Waals surface area (Å²) in [6.45, 7) is 4.45. The molecular formula is C17H21N5O7. The van der Waals surface area contributed by atoms with Crippen LogP contribution >= 0.6 is 0 Å². The summed E-state index contributed by atoms with van der Waals surface area (Å²) in [7, 11) is 0. The molecule has 12 nitrogen and oxygen atoms in total.